The van der Waals surface area contributed by atoms with E-state index in [-0.39, 0.29) is 12.4 Å². The van der Waals surface area contributed by atoms with Crippen LogP contribution in [0.15, 0.2) is 24.3 Å². The van der Waals surface area contributed by atoms with Crippen LogP contribution in [0.2, 0.25) is 0 Å². The third-order valence-electron chi connectivity index (χ3n) is 2.61. The van der Waals surface area contributed by atoms with E-state index in [2.05, 4.69) is 26.0 Å². The fourth-order valence-electron chi connectivity index (χ4n) is 1.69. The molecule has 1 heterocycles. The van der Waals surface area contributed by atoms with Crippen LogP contribution in [0.5, 0.6) is 0 Å². The summed E-state index contributed by atoms with van der Waals surface area (Å²) in [5.74, 6) is -0.809. The highest BCUT2D eigenvalue weighted by atomic mass is 16.4. The molecule has 0 atom stereocenters. The van der Waals surface area contributed by atoms with Gasteiger partial charge in [-0.05, 0) is 23.3 Å². The summed E-state index contributed by atoms with van der Waals surface area (Å²) in [6.45, 7) is 0. The molecule has 1 aromatic carbocycles. The summed E-state index contributed by atoms with van der Waals surface area (Å²) in [6.07, 6.45) is 0.321. The zero-order chi connectivity index (χ0) is 15.2. The van der Waals surface area contributed by atoms with Crippen LogP contribution in [0.1, 0.15) is 12.0 Å². The van der Waals surface area contributed by atoms with E-state index in [0.29, 0.717) is 12.1 Å². The number of aromatic nitrogens is 4. The van der Waals surface area contributed by atoms with E-state index in [1.807, 2.05) is 0 Å². The molecule has 2 rings (SSSR count). The number of aryl methyl sites for hydroxylation is 2. The Balaban J connectivity index is 2.01. The molecule has 0 aliphatic carbocycles. The van der Waals surface area contributed by atoms with Gasteiger partial charge in [-0.15, -0.1) is 5.10 Å². The second kappa shape index (κ2) is 6.46. The molecule has 2 aromatic rings. The monoisotopic (exact) mass is 290 g/mol. The number of para-hydroxylation sites is 1. The number of nitrogens with zero attached hydrogens (tertiary/aromatic N) is 4. The zero-order valence-corrected chi connectivity index (χ0v) is 11.3. The lowest BCUT2D eigenvalue weighted by atomic mass is 10.1. The van der Waals surface area contributed by atoms with E-state index in [4.69, 9.17) is 5.11 Å². The smallest absolute Gasteiger partial charge is 0.326 e. The number of nitrogens with one attached hydrogen (secondary N) is 2. The summed E-state index contributed by atoms with van der Waals surface area (Å²) in [4.78, 5) is 23.7. The van der Waals surface area contributed by atoms with Crippen LogP contribution >= 0.6 is 0 Å². The van der Waals surface area contributed by atoms with Gasteiger partial charge in [-0.25, -0.2) is 4.79 Å². The van der Waals surface area contributed by atoms with E-state index < -0.39 is 12.0 Å². The maximum atomic E-state index is 11.8. The predicted molar refractivity (Wildman–Crippen MR) is 73.8 cm³/mol. The van der Waals surface area contributed by atoms with Gasteiger partial charge in [-0.3, -0.25) is 10.1 Å². The average Bonchev–Trinajstić information content (AvgIpc) is 2.83. The number of aliphatic carboxylic acids is 1. The maximum Gasteiger partial charge on any atom is 0.326 e. The molecule has 21 heavy (non-hydrogen) atoms. The minimum Gasteiger partial charge on any atom is -0.481 e. The van der Waals surface area contributed by atoms with Crippen molar-refractivity contribution >= 4 is 23.6 Å². The van der Waals surface area contributed by atoms with Crippen LogP contribution < -0.4 is 10.6 Å². The van der Waals surface area contributed by atoms with Crippen molar-refractivity contribution in [1.29, 1.82) is 0 Å². The second-order valence-electron chi connectivity index (χ2n) is 4.23. The lowest BCUT2D eigenvalue weighted by Gasteiger charge is -2.09. The van der Waals surface area contributed by atoms with Crippen molar-refractivity contribution in [2.75, 3.05) is 10.6 Å². The van der Waals surface area contributed by atoms with Crippen LogP contribution in [0, 0.1) is 0 Å². The fourth-order valence-corrected chi connectivity index (χ4v) is 1.69. The van der Waals surface area contributed by atoms with E-state index in [1.54, 1.807) is 31.3 Å². The number of rotatable bonds is 5. The fraction of sp³-hybridized carbons (Fsp3) is 0.250. The largest absolute Gasteiger partial charge is 0.481 e. The summed E-state index contributed by atoms with van der Waals surface area (Å²) in [6, 6.07) is 6.47. The highest BCUT2D eigenvalue weighted by Crippen LogP contribution is 2.17. The molecule has 9 nitrogen and oxygen atoms in total. The first kappa shape index (κ1) is 14.4. The van der Waals surface area contributed by atoms with Gasteiger partial charge in [0.1, 0.15) is 0 Å². The maximum absolute atomic E-state index is 11.8. The van der Waals surface area contributed by atoms with Crippen LogP contribution in [-0.2, 0) is 18.3 Å². The van der Waals surface area contributed by atoms with Gasteiger partial charge in [-0.1, -0.05) is 23.3 Å². The van der Waals surface area contributed by atoms with Gasteiger partial charge in [0.05, 0.1) is 7.05 Å². The molecule has 1 aromatic heterocycles. The lowest BCUT2D eigenvalue weighted by Crippen LogP contribution is -2.21. The average molecular weight is 290 g/mol. The Hall–Kier alpha value is -2.97. The molecule has 0 aliphatic heterocycles. The number of anilines is 2. The summed E-state index contributed by atoms with van der Waals surface area (Å²) in [7, 11) is 1.58. The van der Waals surface area contributed by atoms with Crippen molar-refractivity contribution in [3.8, 4) is 0 Å². The predicted octanol–water partition coefficient (Wildman–Crippen LogP) is 0.871. The molecule has 0 saturated heterocycles. The van der Waals surface area contributed by atoms with Crippen molar-refractivity contribution in [3.63, 3.8) is 0 Å². The van der Waals surface area contributed by atoms with Crippen LogP contribution in [0.3, 0.4) is 0 Å². The number of benzene rings is 1. The number of amides is 2. The van der Waals surface area contributed by atoms with Crippen molar-refractivity contribution < 1.29 is 14.7 Å². The molecular formula is C12H14N6O3. The molecule has 110 valence electrons. The molecule has 0 unspecified atom stereocenters. The lowest BCUT2D eigenvalue weighted by molar-refractivity contribution is -0.136. The topological polar surface area (TPSA) is 122 Å². The van der Waals surface area contributed by atoms with Gasteiger partial charge >= 0.3 is 12.0 Å². The van der Waals surface area contributed by atoms with Crippen LogP contribution in [0.25, 0.3) is 0 Å². The van der Waals surface area contributed by atoms with Gasteiger partial charge in [-0.2, -0.15) is 4.80 Å². The minimum absolute atomic E-state index is 0.00791. The first-order valence-electron chi connectivity index (χ1n) is 6.16. The highest BCUT2D eigenvalue weighted by Gasteiger charge is 2.10. The quantitative estimate of drug-likeness (QED) is 0.751. The number of urea groups is 1. The Kier molecular flexibility index (Phi) is 4.44. The van der Waals surface area contributed by atoms with Gasteiger partial charge < -0.3 is 10.4 Å². The minimum atomic E-state index is -0.891. The Morgan fingerprint density at radius 2 is 2.05 bits per heavy atom. The first-order chi connectivity index (χ1) is 10.0. The van der Waals surface area contributed by atoms with Crippen molar-refractivity contribution in [3.05, 3.63) is 29.8 Å². The Bertz CT molecular complexity index is 654. The van der Waals surface area contributed by atoms with Gasteiger partial charge in [0.2, 0.25) is 0 Å². The van der Waals surface area contributed by atoms with Crippen LogP contribution in [-0.4, -0.2) is 37.3 Å². The van der Waals surface area contributed by atoms with Crippen LogP contribution in [0.4, 0.5) is 16.4 Å². The first-order valence-corrected chi connectivity index (χ1v) is 6.16. The van der Waals surface area contributed by atoms with E-state index in [0.717, 1.165) is 5.56 Å². The highest BCUT2D eigenvalue weighted by molar-refractivity contribution is 5.99. The Morgan fingerprint density at radius 3 is 2.71 bits per heavy atom. The molecule has 0 aliphatic rings. The molecule has 0 saturated carbocycles. The van der Waals surface area contributed by atoms with E-state index in [9.17, 15) is 9.59 Å². The van der Waals surface area contributed by atoms with Crippen molar-refractivity contribution in [2.24, 2.45) is 7.05 Å². The summed E-state index contributed by atoms with van der Waals surface area (Å²) >= 11 is 0. The molecule has 2 amide bonds. The molecule has 3 N–H and O–H groups in total. The second-order valence-corrected chi connectivity index (χ2v) is 4.23. The number of carbonyl (C=O) groups excluding carboxylic acids is 1. The molecule has 9 heteroatoms. The third-order valence-corrected chi connectivity index (χ3v) is 2.61. The SMILES string of the molecule is Cn1nnc(NC(=O)Nc2ccccc2CCC(=O)O)n1. The molecule has 0 spiro atoms. The summed E-state index contributed by atoms with van der Waals surface area (Å²) in [5, 5.41) is 24.8. The van der Waals surface area contributed by atoms with Gasteiger partial charge in [0.15, 0.2) is 0 Å². The zero-order valence-electron chi connectivity index (χ0n) is 11.3. The number of carbonyl (C=O) groups is 2. The summed E-state index contributed by atoms with van der Waals surface area (Å²) < 4.78 is 0. The molecule has 0 bridgehead atoms. The van der Waals surface area contributed by atoms with Gasteiger partial charge in [0, 0.05) is 12.1 Å². The normalized spacial score (nSPS) is 10.1. The van der Waals surface area contributed by atoms with E-state index in [1.165, 1.54) is 4.80 Å². The number of tetrazole rings is 1. The number of hydrogen-bond donors (Lipinski definition) is 3. The summed E-state index contributed by atoms with van der Waals surface area (Å²) in [5.41, 5.74) is 1.28. The number of carboxylic acid groups (broad SMARTS) is 1. The Labute approximate surface area is 120 Å². The van der Waals surface area contributed by atoms with Crippen molar-refractivity contribution in [2.45, 2.75) is 12.8 Å². The molecule has 0 fully saturated rings. The Morgan fingerprint density at radius 1 is 1.29 bits per heavy atom. The van der Waals surface area contributed by atoms with E-state index >= 15 is 0 Å². The molecular weight excluding hydrogens is 276 g/mol. The standard InChI is InChI=1S/C12H14N6O3/c1-18-16-11(15-17-18)14-12(21)13-9-5-3-2-4-8(9)6-7-10(19)20/h2-5H,6-7H2,1H3,(H,19,20)(H2,13,14,16,21). The van der Waals surface area contributed by atoms with Gasteiger partial charge in [0.25, 0.3) is 5.95 Å². The van der Waals surface area contributed by atoms with Crippen molar-refractivity contribution in [1.82, 2.24) is 20.2 Å². The molecule has 0 radical (unpaired) electrons. The number of hydrogen-bond acceptors (Lipinski definition) is 5. The number of carboxylic acids is 1. The third kappa shape index (κ3) is 4.27.